The molecule has 1 amide bonds. The summed E-state index contributed by atoms with van der Waals surface area (Å²) in [6.07, 6.45) is 8.01. The number of hydrogen-bond donors (Lipinski definition) is 1. The van der Waals surface area contributed by atoms with Gasteiger partial charge in [-0.1, -0.05) is 84.9 Å². The first-order chi connectivity index (χ1) is 18.1. The van der Waals surface area contributed by atoms with E-state index in [2.05, 4.69) is 72.0 Å². The Hall–Kier alpha value is -3.65. The van der Waals surface area contributed by atoms with E-state index >= 15 is 0 Å². The first kappa shape index (κ1) is 22.5. The Morgan fingerprint density at radius 2 is 1.11 bits per heavy atom. The molecular formula is C35H33NO. The number of anilines is 1. The number of amides is 1. The normalized spacial score (nSPS) is 27.7. The van der Waals surface area contributed by atoms with E-state index in [0.717, 1.165) is 28.7 Å². The molecule has 0 aliphatic heterocycles. The molecule has 4 aromatic rings. The molecule has 2 nitrogen and oxygen atoms in total. The van der Waals surface area contributed by atoms with Gasteiger partial charge in [-0.25, -0.2) is 0 Å². The lowest BCUT2D eigenvalue weighted by Crippen LogP contribution is -2.55. The summed E-state index contributed by atoms with van der Waals surface area (Å²) in [7, 11) is 0. The average molecular weight is 484 g/mol. The molecule has 4 bridgehead atoms. The minimum absolute atomic E-state index is 0.0646. The van der Waals surface area contributed by atoms with Crippen molar-refractivity contribution in [2.45, 2.75) is 49.4 Å². The zero-order valence-electron chi connectivity index (χ0n) is 21.2. The lowest BCUT2D eigenvalue weighted by molar-refractivity contribution is -0.0281. The highest BCUT2D eigenvalue weighted by Gasteiger charge is 2.58. The molecule has 0 saturated heterocycles. The third kappa shape index (κ3) is 4.00. The largest absolute Gasteiger partial charge is 0.322 e. The number of carbonyl (C=O) groups excluding carboxylic acids is 1. The van der Waals surface area contributed by atoms with Crippen molar-refractivity contribution in [1.29, 1.82) is 0 Å². The van der Waals surface area contributed by atoms with Crippen LogP contribution in [-0.2, 0) is 10.8 Å². The fourth-order valence-electron chi connectivity index (χ4n) is 8.28. The van der Waals surface area contributed by atoms with Gasteiger partial charge in [0.1, 0.15) is 0 Å². The fraction of sp³-hybridized carbons (Fsp3) is 0.286. The van der Waals surface area contributed by atoms with Gasteiger partial charge in [0.25, 0.3) is 5.91 Å². The third-order valence-electron chi connectivity index (χ3n) is 9.46. The second kappa shape index (κ2) is 8.73. The standard InChI is InChI=1S/C35H33NO/c37-33(29-13-11-28(12-14-29)27-7-3-1-4-8-27)36-32-17-15-31(16-18-32)35-22-25-19-26(23-35)21-34(20-25,24-35)30-9-5-2-6-10-30/h1-18,25-26H,19-24H2,(H,36,37). The van der Waals surface area contributed by atoms with Crippen LogP contribution in [0.15, 0.2) is 109 Å². The van der Waals surface area contributed by atoms with E-state index in [1.54, 1.807) is 5.56 Å². The van der Waals surface area contributed by atoms with Gasteiger partial charge >= 0.3 is 0 Å². The summed E-state index contributed by atoms with van der Waals surface area (Å²) in [6.45, 7) is 0. The number of benzene rings is 4. The van der Waals surface area contributed by atoms with Gasteiger partial charge < -0.3 is 5.32 Å². The maximum Gasteiger partial charge on any atom is 0.255 e. The van der Waals surface area contributed by atoms with Crippen molar-refractivity contribution in [2.24, 2.45) is 11.8 Å². The van der Waals surface area contributed by atoms with Gasteiger partial charge in [0.15, 0.2) is 0 Å². The molecule has 184 valence electrons. The van der Waals surface area contributed by atoms with Crippen LogP contribution in [-0.4, -0.2) is 5.91 Å². The Kier molecular flexibility index (Phi) is 5.32. The van der Waals surface area contributed by atoms with Crippen LogP contribution in [0.1, 0.15) is 60.0 Å². The van der Waals surface area contributed by atoms with E-state index in [1.807, 2.05) is 42.5 Å². The van der Waals surface area contributed by atoms with Crippen LogP contribution >= 0.6 is 0 Å². The molecule has 2 unspecified atom stereocenters. The molecule has 4 fully saturated rings. The lowest BCUT2D eigenvalue weighted by Gasteiger charge is -2.62. The predicted octanol–water partition coefficient (Wildman–Crippen LogP) is 8.40. The molecular weight excluding hydrogens is 450 g/mol. The molecule has 1 N–H and O–H groups in total. The summed E-state index contributed by atoms with van der Waals surface area (Å²) in [5.41, 5.74) is 7.44. The SMILES string of the molecule is O=C(Nc1ccc(C23CC4CC(CC(c5ccccc5)(C4)C2)C3)cc1)c1ccc(-c2ccccc2)cc1. The summed E-state index contributed by atoms with van der Waals surface area (Å²) >= 11 is 0. The van der Waals surface area contributed by atoms with Crippen molar-refractivity contribution in [2.75, 3.05) is 5.32 Å². The summed E-state index contributed by atoms with van der Waals surface area (Å²) < 4.78 is 0. The van der Waals surface area contributed by atoms with E-state index in [9.17, 15) is 4.79 Å². The molecule has 0 aromatic heterocycles. The average Bonchev–Trinajstić information content (AvgIpc) is 2.94. The summed E-state index contributed by atoms with van der Waals surface area (Å²) in [5.74, 6) is 1.60. The number of rotatable bonds is 5. The van der Waals surface area contributed by atoms with Crippen LogP contribution in [0.4, 0.5) is 5.69 Å². The van der Waals surface area contributed by atoms with Crippen LogP contribution in [0.3, 0.4) is 0 Å². The Balaban J connectivity index is 1.09. The molecule has 0 heterocycles. The smallest absolute Gasteiger partial charge is 0.255 e. The van der Waals surface area contributed by atoms with E-state index < -0.39 is 0 Å². The quantitative estimate of drug-likeness (QED) is 0.303. The maximum absolute atomic E-state index is 13.0. The van der Waals surface area contributed by atoms with Gasteiger partial charge in [0, 0.05) is 11.3 Å². The molecule has 4 saturated carbocycles. The molecule has 2 atom stereocenters. The molecule has 8 rings (SSSR count). The van der Waals surface area contributed by atoms with Gasteiger partial charge in [-0.05, 0) is 108 Å². The van der Waals surface area contributed by atoms with Gasteiger partial charge in [-0.2, -0.15) is 0 Å². The number of nitrogens with one attached hydrogen (secondary N) is 1. The van der Waals surface area contributed by atoms with Crippen molar-refractivity contribution in [1.82, 2.24) is 0 Å². The molecule has 2 heteroatoms. The van der Waals surface area contributed by atoms with Crippen molar-refractivity contribution in [3.8, 4) is 11.1 Å². The van der Waals surface area contributed by atoms with Crippen LogP contribution in [0.25, 0.3) is 11.1 Å². The van der Waals surface area contributed by atoms with Crippen LogP contribution in [0, 0.1) is 11.8 Å². The van der Waals surface area contributed by atoms with Crippen molar-refractivity contribution in [3.63, 3.8) is 0 Å². The maximum atomic E-state index is 13.0. The van der Waals surface area contributed by atoms with Crippen LogP contribution in [0.2, 0.25) is 0 Å². The highest BCUT2D eigenvalue weighted by molar-refractivity contribution is 6.04. The molecule has 0 spiro atoms. The summed E-state index contributed by atoms with van der Waals surface area (Å²) in [5, 5.41) is 3.11. The molecule has 0 radical (unpaired) electrons. The van der Waals surface area contributed by atoms with E-state index in [0.29, 0.717) is 11.0 Å². The van der Waals surface area contributed by atoms with Gasteiger partial charge in [-0.15, -0.1) is 0 Å². The van der Waals surface area contributed by atoms with Crippen molar-refractivity contribution in [3.05, 3.63) is 126 Å². The van der Waals surface area contributed by atoms with Gasteiger partial charge in [0.2, 0.25) is 0 Å². The second-order valence-corrected chi connectivity index (χ2v) is 11.9. The zero-order chi connectivity index (χ0) is 24.9. The Labute approximate surface area is 219 Å². The number of hydrogen-bond acceptors (Lipinski definition) is 1. The highest BCUT2D eigenvalue weighted by atomic mass is 16.1. The monoisotopic (exact) mass is 483 g/mol. The third-order valence-corrected chi connectivity index (χ3v) is 9.46. The Morgan fingerprint density at radius 1 is 0.595 bits per heavy atom. The zero-order valence-corrected chi connectivity index (χ0v) is 21.2. The Morgan fingerprint density at radius 3 is 1.70 bits per heavy atom. The van der Waals surface area contributed by atoms with E-state index in [1.165, 1.54) is 44.1 Å². The highest BCUT2D eigenvalue weighted by Crippen LogP contribution is 2.66. The molecule has 4 aromatic carbocycles. The molecule has 4 aliphatic carbocycles. The molecule has 37 heavy (non-hydrogen) atoms. The van der Waals surface area contributed by atoms with E-state index in [-0.39, 0.29) is 11.3 Å². The predicted molar refractivity (Wildman–Crippen MR) is 151 cm³/mol. The Bertz CT molecular complexity index is 1390. The fourth-order valence-corrected chi connectivity index (χ4v) is 8.28. The van der Waals surface area contributed by atoms with Crippen LogP contribution < -0.4 is 5.32 Å². The van der Waals surface area contributed by atoms with Gasteiger partial charge in [0.05, 0.1) is 0 Å². The number of carbonyl (C=O) groups is 1. The summed E-state index contributed by atoms with van der Waals surface area (Å²) in [4.78, 5) is 13.0. The lowest BCUT2D eigenvalue weighted by atomic mass is 9.42. The summed E-state index contributed by atoms with van der Waals surface area (Å²) in [6, 6.07) is 38.2. The minimum atomic E-state index is -0.0646. The van der Waals surface area contributed by atoms with Crippen molar-refractivity contribution >= 4 is 11.6 Å². The first-order valence-electron chi connectivity index (χ1n) is 13.7. The molecule has 4 aliphatic rings. The minimum Gasteiger partial charge on any atom is -0.322 e. The first-order valence-corrected chi connectivity index (χ1v) is 13.7. The van der Waals surface area contributed by atoms with Gasteiger partial charge in [-0.3, -0.25) is 4.79 Å². The van der Waals surface area contributed by atoms with E-state index in [4.69, 9.17) is 0 Å². The topological polar surface area (TPSA) is 29.1 Å². The van der Waals surface area contributed by atoms with Crippen molar-refractivity contribution < 1.29 is 4.79 Å². The second-order valence-electron chi connectivity index (χ2n) is 11.9. The van der Waals surface area contributed by atoms with Crippen LogP contribution in [0.5, 0.6) is 0 Å².